The molecule has 0 bridgehead atoms. The Morgan fingerprint density at radius 3 is 2.69 bits per heavy atom. The quantitative estimate of drug-likeness (QED) is 0.194. The van der Waals surface area contributed by atoms with Crippen LogP contribution in [0.1, 0.15) is 28.2 Å². The Kier molecular flexibility index (Phi) is 8.63. The van der Waals surface area contributed by atoms with Crippen molar-refractivity contribution in [3.63, 3.8) is 0 Å². The largest absolute Gasteiger partial charge is 0.493 e. The van der Waals surface area contributed by atoms with E-state index in [1.807, 2.05) is 42.5 Å². The lowest BCUT2D eigenvalue weighted by molar-refractivity contribution is 0.0953. The van der Waals surface area contributed by atoms with Gasteiger partial charge in [-0.25, -0.2) is 4.98 Å². The molecule has 4 rings (SSSR count). The van der Waals surface area contributed by atoms with Gasteiger partial charge in [-0.15, -0.1) is 6.58 Å². The van der Waals surface area contributed by atoms with Crippen LogP contribution in [0.15, 0.2) is 79.4 Å². The van der Waals surface area contributed by atoms with Crippen LogP contribution in [0.2, 0.25) is 5.02 Å². The molecule has 186 valence electrons. The second-order valence-electron chi connectivity index (χ2n) is 8.36. The van der Waals surface area contributed by atoms with Crippen molar-refractivity contribution in [2.45, 2.75) is 25.8 Å². The van der Waals surface area contributed by atoms with Gasteiger partial charge in [-0.3, -0.25) is 4.79 Å². The summed E-state index contributed by atoms with van der Waals surface area (Å²) in [6.45, 7) is 5.46. The van der Waals surface area contributed by atoms with Crippen molar-refractivity contribution in [2.24, 2.45) is 0 Å². The average Bonchev–Trinajstić information content (AvgIpc) is 3.25. The topological polar surface area (TPSA) is 65.4 Å². The zero-order chi connectivity index (χ0) is 25.3. The summed E-state index contributed by atoms with van der Waals surface area (Å²) in [5.41, 5.74) is 3.73. The molecule has 0 saturated carbocycles. The zero-order valence-corrected chi connectivity index (χ0v) is 21.1. The van der Waals surface area contributed by atoms with Gasteiger partial charge >= 0.3 is 0 Å². The number of hydrogen-bond acceptors (Lipinski definition) is 4. The third kappa shape index (κ3) is 6.26. The molecule has 0 spiro atoms. The number of nitrogens with one attached hydrogen (secondary N) is 1. The summed E-state index contributed by atoms with van der Waals surface area (Å²) in [6, 6.07) is 20.9. The monoisotopic (exact) mass is 503 g/mol. The van der Waals surface area contributed by atoms with Gasteiger partial charge in [-0.1, -0.05) is 35.9 Å². The summed E-state index contributed by atoms with van der Waals surface area (Å²) in [5.74, 6) is 2.28. The Morgan fingerprint density at radius 2 is 1.92 bits per heavy atom. The van der Waals surface area contributed by atoms with E-state index in [9.17, 15) is 4.79 Å². The van der Waals surface area contributed by atoms with E-state index in [0.29, 0.717) is 41.8 Å². The molecule has 0 aliphatic heterocycles. The maximum Gasteiger partial charge on any atom is 0.251 e. The first kappa shape index (κ1) is 25.3. The number of allylic oxidation sites excluding steroid dienone is 1. The highest BCUT2D eigenvalue weighted by atomic mass is 35.5. The fraction of sp³-hybridized carbons (Fsp3) is 0.241. The molecule has 3 aromatic carbocycles. The number of halogens is 1. The molecule has 0 aliphatic rings. The molecule has 4 aromatic rings. The molecule has 1 amide bonds. The first-order valence-corrected chi connectivity index (χ1v) is 12.4. The Morgan fingerprint density at radius 1 is 1.11 bits per heavy atom. The molecule has 0 aliphatic carbocycles. The number of carbonyl (C=O) groups excluding carboxylic acids is 1. The highest BCUT2D eigenvalue weighted by Gasteiger charge is 2.12. The van der Waals surface area contributed by atoms with E-state index in [-0.39, 0.29) is 5.91 Å². The molecule has 0 fully saturated rings. The number of carbonyl (C=O) groups is 1. The molecule has 0 saturated heterocycles. The van der Waals surface area contributed by atoms with Crippen LogP contribution < -0.4 is 14.8 Å². The van der Waals surface area contributed by atoms with E-state index >= 15 is 0 Å². The molecule has 1 aromatic heterocycles. The second kappa shape index (κ2) is 12.3. The van der Waals surface area contributed by atoms with Gasteiger partial charge in [0.1, 0.15) is 12.4 Å². The minimum absolute atomic E-state index is 0.110. The standard InChI is InChI=1S/C29H30ClN3O3/c1-3-7-21-11-16-26(27(20-21)35-2)36-19-18-33-25-9-5-4-8-24(25)32-28(33)10-6-17-31-29(34)22-12-14-23(30)15-13-22/h3-5,8-9,11-16,20H,1,6-7,10,17-19H2,2H3,(H,31,34). The van der Waals surface area contributed by atoms with Crippen LogP contribution in [-0.4, -0.2) is 35.7 Å². The van der Waals surface area contributed by atoms with Crippen LogP contribution in [0.5, 0.6) is 11.5 Å². The Balaban J connectivity index is 1.38. The zero-order valence-electron chi connectivity index (χ0n) is 20.4. The Bertz CT molecular complexity index is 1330. The Labute approximate surface area is 216 Å². The normalized spacial score (nSPS) is 10.8. The molecule has 0 atom stereocenters. The van der Waals surface area contributed by atoms with E-state index in [4.69, 9.17) is 26.1 Å². The first-order chi connectivity index (χ1) is 17.6. The van der Waals surface area contributed by atoms with Crippen molar-refractivity contribution in [3.8, 4) is 11.5 Å². The lowest BCUT2D eigenvalue weighted by Gasteiger charge is -2.14. The summed E-state index contributed by atoms with van der Waals surface area (Å²) in [4.78, 5) is 17.2. The van der Waals surface area contributed by atoms with Crippen molar-refractivity contribution in [3.05, 3.63) is 101 Å². The number of amides is 1. The van der Waals surface area contributed by atoms with Gasteiger partial charge in [-0.05, 0) is 66.9 Å². The number of nitrogens with zero attached hydrogens (tertiary/aromatic N) is 2. The van der Waals surface area contributed by atoms with Crippen molar-refractivity contribution in [1.82, 2.24) is 14.9 Å². The van der Waals surface area contributed by atoms with Crippen LogP contribution in [-0.2, 0) is 19.4 Å². The van der Waals surface area contributed by atoms with Crippen molar-refractivity contribution in [2.75, 3.05) is 20.3 Å². The third-order valence-electron chi connectivity index (χ3n) is 5.88. The van der Waals surface area contributed by atoms with E-state index in [1.165, 1.54) is 0 Å². The smallest absolute Gasteiger partial charge is 0.251 e. The summed E-state index contributed by atoms with van der Waals surface area (Å²) in [5, 5.41) is 3.58. The average molecular weight is 504 g/mol. The predicted octanol–water partition coefficient (Wildman–Crippen LogP) is 5.87. The Hall–Kier alpha value is -3.77. The molecule has 1 heterocycles. The van der Waals surface area contributed by atoms with Gasteiger partial charge < -0.3 is 19.4 Å². The number of aromatic nitrogens is 2. The molecule has 0 unspecified atom stereocenters. The summed E-state index contributed by atoms with van der Waals surface area (Å²) in [7, 11) is 1.65. The van der Waals surface area contributed by atoms with E-state index in [0.717, 1.165) is 41.7 Å². The van der Waals surface area contributed by atoms with E-state index in [2.05, 4.69) is 22.5 Å². The lowest BCUT2D eigenvalue weighted by Crippen LogP contribution is -2.25. The highest BCUT2D eigenvalue weighted by Crippen LogP contribution is 2.28. The van der Waals surface area contributed by atoms with Crippen molar-refractivity contribution in [1.29, 1.82) is 0 Å². The molecular formula is C29H30ClN3O3. The molecular weight excluding hydrogens is 474 g/mol. The summed E-state index contributed by atoms with van der Waals surface area (Å²) >= 11 is 5.90. The van der Waals surface area contributed by atoms with Gasteiger partial charge in [0.2, 0.25) is 0 Å². The number of para-hydroxylation sites is 2. The fourth-order valence-corrected chi connectivity index (χ4v) is 4.22. The molecule has 0 radical (unpaired) electrons. The van der Waals surface area contributed by atoms with Crippen LogP contribution in [0.25, 0.3) is 11.0 Å². The molecule has 36 heavy (non-hydrogen) atoms. The number of imidazole rings is 1. The maximum absolute atomic E-state index is 12.4. The number of rotatable bonds is 12. The summed E-state index contributed by atoms with van der Waals surface area (Å²) in [6.07, 6.45) is 4.14. The van der Waals surface area contributed by atoms with Crippen LogP contribution in [0, 0.1) is 0 Å². The van der Waals surface area contributed by atoms with Gasteiger partial charge in [-0.2, -0.15) is 0 Å². The number of ether oxygens (including phenoxy) is 2. The SMILES string of the molecule is C=CCc1ccc(OCCn2c(CCCNC(=O)c3ccc(Cl)cc3)nc3ccccc32)c(OC)c1. The maximum atomic E-state index is 12.4. The second-order valence-corrected chi connectivity index (χ2v) is 8.80. The minimum atomic E-state index is -0.110. The minimum Gasteiger partial charge on any atom is -0.493 e. The lowest BCUT2D eigenvalue weighted by atomic mass is 10.1. The van der Waals surface area contributed by atoms with Gasteiger partial charge in [0.25, 0.3) is 5.91 Å². The number of hydrogen-bond donors (Lipinski definition) is 1. The summed E-state index contributed by atoms with van der Waals surface area (Å²) < 4.78 is 13.8. The highest BCUT2D eigenvalue weighted by molar-refractivity contribution is 6.30. The molecule has 1 N–H and O–H groups in total. The van der Waals surface area contributed by atoms with Crippen LogP contribution in [0.4, 0.5) is 0 Å². The molecule has 6 nitrogen and oxygen atoms in total. The van der Waals surface area contributed by atoms with Gasteiger partial charge in [0.15, 0.2) is 11.5 Å². The third-order valence-corrected chi connectivity index (χ3v) is 6.14. The number of benzene rings is 3. The van der Waals surface area contributed by atoms with E-state index < -0.39 is 0 Å². The van der Waals surface area contributed by atoms with Crippen LogP contribution >= 0.6 is 11.6 Å². The van der Waals surface area contributed by atoms with Gasteiger partial charge in [0, 0.05) is 23.6 Å². The number of aryl methyl sites for hydroxylation is 1. The first-order valence-electron chi connectivity index (χ1n) is 12.0. The molecule has 7 heteroatoms. The fourth-order valence-electron chi connectivity index (χ4n) is 4.09. The van der Waals surface area contributed by atoms with Gasteiger partial charge in [0.05, 0.1) is 24.7 Å². The van der Waals surface area contributed by atoms with Crippen molar-refractivity contribution >= 4 is 28.5 Å². The van der Waals surface area contributed by atoms with Crippen LogP contribution in [0.3, 0.4) is 0 Å². The number of fused-ring (bicyclic) bond motifs is 1. The number of methoxy groups -OCH3 is 1. The predicted molar refractivity (Wildman–Crippen MR) is 144 cm³/mol. The van der Waals surface area contributed by atoms with Crippen molar-refractivity contribution < 1.29 is 14.3 Å². The van der Waals surface area contributed by atoms with E-state index in [1.54, 1.807) is 31.4 Å².